The number of carboxylic acids is 1. The first kappa shape index (κ1) is 12.2. The van der Waals surface area contributed by atoms with Gasteiger partial charge in [-0.3, -0.25) is 4.98 Å². The zero-order valence-electron chi connectivity index (χ0n) is 10.3. The minimum Gasteiger partial charge on any atom is -0.478 e. The van der Waals surface area contributed by atoms with Gasteiger partial charge < -0.3 is 5.11 Å². The van der Waals surface area contributed by atoms with E-state index in [2.05, 4.69) is 15.1 Å². The molecule has 0 radical (unpaired) electrons. The summed E-state index contributed by atoms with van der Waals surface area (Å²) in [5.74, 6) is -0.407. The highest BCUT2D eigenvalue weighted by molar-refractivity contribution is 5.90. The maximum atomic E-state index is 11.3. The lowest BCUT2D eigenvalue weighted by Crippen LogP contribution is -2.07. The van der Waals surface area contributed by atoms with Crippen molar-refractivity contribution in [1.29, 1.82) is 0 Å². The first-order chi connectivity index (χ1) is 8.69. The average molecular weight is 246 g/mol. The lowest BCUT2D eigenvalue weighted by molar-refractivity contribution is 0.0694. The Morgan fingerprint density at radius 2 is 2.11 bits per heavy atom. The summed E-state index contributed by atoms with van der Waals surface area (Å²) < 4.78 is 1.56. The van der Waals surface area contributed by atoms with E-state index < -0.39 is 5.97 Å². The maximum absolute atomic E-state index is 11.3. The molecule has 94 valence electrons. The van der Waals surface area contributed by atoms with Gasteiger partial charge in [0.2, 0.25) is 0 Å². The van der Waals surface area contributed by atoms with Crippen molar-refractivity contribution in [2.75, 3.05) is 0 Å². The van der Waals surface area contributed by atoms with Crippen LogP contribution in [0.4, 0.5) is 0 Å². The highest BCUT2D eigenvalue weighted by Gasteiger charge is 2.22. The quantitative estimate of drug-likeness (QED) is 0.883. The van der Waals surface area contributed by atoms with Crippen LogP contribution in [0.15, 0.2) is 18.6 Å². The van der Waals surface area contributed by atoms with Crippen LogP contribution in [0.3, 0.4) is 0 Å². The molecule has 0 bridgehead atoms. The van der Waals surface area contributed by atoms with Crippen LogP contribution in [-0.4, -0.2) is 30.8 Å². The molecule has 0 aromatic carbocycles. The first-order valence-corrected chi connectivity index (χ1v) is 5.79. The highest BCUT2D eigenvalue weighted by Crippen LogP contribution is 2.18. The molecule has 0 aliphatic rings. The van der Waals surface area contributed by atoms with Crippen LogP contribution < -0.4 is 0 Å². The second-order valence-electron chi connectivity index (χ2n) is 3.76. The van der Waals surface area contributed by atoms with Crippen LogP contribution >= 0.6 is 0 Å². The molecule has 2 heterocycles. The number of hydrogen-bond donors (Lipinski definition) is 1. The van der Waals surface area contributed by atoms with Gasteiger partial charge in [-0.1, -0.05) is 13.8 Å². The molecule has 0 unspecified atom stereocenters. The predicted octanol–water partition coefficient (Wildman–Crippen LogP) is 1.49. The average Bonchev–Trinajstić information content (AvgIpc) is 2.78. The molecular formula is C12H14N4O2. The number of nitrogens with zero attached hydrogens (tertiary/aromatic N) is 4. The number of aromatic carboxylic acids is 1. The molecule has 18 heavy (non-hydrogen) atoms. The third-order valence-corrected chi connectivity index (χ3v) is 2.70. The molecule has 6 heteroatoms. The molecule has 1 N–H and O–H groups in total. The van der Waals surface area contributed by atoms with Crippen molar-refractivity contribution in [2.24, 2.45) is 0 Å². The van der Waals surface area contributed by atoms with Gasteiger partial charge in [0, 0.05) is 12.4 Å². The lowest BCUT2D eigenvalue weighted by atomic mass is 10.1. The van der Waals surface area contributed by atoms with Gasteiger partial charge in [-0.25, -0.2) is 14.5 Å². The van der Waals surface area contributed by atoms with Gasteiger partial charge in [-0.15, -0.1) is 0 Å². The summed E-state index contributed by atoms with van der Waals surface area (Å²) in [5, 5.41) is 13.6. The van der Waals surface area contributed by atoms with Crippen molar-refractivity contribution in [1.82, 2.24) is 19.7 Å². The standard InChI is InChI=1S/C12H14N4O2/c1-3-8-11(12(17)18)9(4-2)16(15-8)10-7-13-5-6-14-10/h5-7H,3-4H2,1-2H3,(H,17,18). The Hall–Kier alpha value is -2.24. The van der Waals surface area contributed by atoms with Crippen LogP contribution in [-0.2, 0) is 12.8 Å². The predicted molar refractivity (Wildman–Crippen MR) is 64.9 cm³/mol. The Bertz CT molecular complexity index is 563. The maximum Gasteiger partial charge on any atom is 0.339 e. The third-order valence-electron chi connectivity index (χ3n) is 2.70. The molecule has 2 aromatic heterocycles. The van der Waals surface area contributed by atoms with E-state index in [1.54, 1.807) is 23.3 Å². The van der Waals surface area contributed by atoms with E-state index in [0.717, 1.165) is 0 Å². The summed E-state index contributed by atoms with van der Waals surface area (Å²) in [4.78, 5) is 19.4. The third kappa shape index (κ3) is 1.97. The van der Waals surface area contributed by atoms with Gasteiger partial charge in [0.15, 0.2) is 5.82 Å². The first-order valence-electron chi connectivity index (χ1n) is 5.79. The van der Waals surface area contributed by atoms with Crippen LogP contribution in [0.5, 0.6) is 0 Å². The summed E-state index contributed by atoms with van der Waals surface area (Å²) in [6.45, 7) is 3.78. The van der Waals surface area contributed by atoms with Crippen molar-refractivity contribution in [3.63, 3.8) is 0 Å². The Labute approximate surface area is 104 Å². The molecule has 0 atom stereocenters. The Morgan fingerprint density at radius 1 is 1.33 bits per heavy atom. The molecule has 2 rings (SSSR count). The number of carbonyl (C=O) groups is 1. The van der Waals surface area contributed by atoms with E-state index >= 15 is 0 Å². The summed E-state index contributed by atoms with van der Waals surface area (Å²) >= 11 is 0. The van der Waals surface area contributed by atoms with Crippen LogP contribution in [0.25, 0.3) is 5.82 Å². The van der Waals surface area contributed by atoms with E-state index in [0.29, 0.717) is 30.0 Å². The number of aromatic nitrogens is 4. The van der Waals surface area contributed by atoms with Crippen molar-refractivity contribution in [3.8, 4) is 5.82 Å². The van der Waals surface area contributed by atoms with Crippen molar-refractivity contribution < 1.29 is 9.90 Å². The van der Waals surface area contributed by atoms with Crippen LogP contribution in [0.1, 0.15) is 35.6 Å². The second-order valence-corrected chi connectivity index (χ2v) is 3.76. The molecule has 0 aliphatic carbocycles. The number of hydrogen-bond acceptors (Lipinski definition) is 4. The normalized spacial score (nSPS) is 10.6. The lowest BCUT2D eigenvalue weighted by Gasteiger charge is -2.04. The van der Waals surface area contributed by atoms with Gasteiger partial charge in [0.25, 0.3) is 0 Å². The van der Waals surface area contributed by atoms with Gasteiger partial charge in [-0.2, -0.15) is 5.10 Å². The fourth-order valence-electron chi connectivity index (χ4n) is 1.91. The van der Waals surface area contributed by atoms with E-state index in [-0.39, 0.29) is 5.56 Å². The largest absolute Gasteiger partial charge is 0.478 e. The smallest absolute Gasteiger partial charge is 0.339 e. The molecule has 6 nitrogen and oxygen atoms in total. The molecule has 0 saturated heterocycles. The molecule has 0 spiro atoms. The fourth-order valence-corrected chi connectivity index (χ4v) is 1.91. The summed E-state index contributed by atoms with van der Waals surface area (Å²) in [5.41, 5.74) is 1.51. The fraction of sp³-hybridized carbons (Fsp3) is 0.333. The summed E-state index contributed by atoms with van der Waals surface area (Å²) in [7, 11) is 0. The Morgan fingerprint density at radius 3 is 2.61 bits per heavy atom. The molecule has 0 saturated carbocycles. The SMILES string of the molecule is CCc1nn(-c2cnccn2)c(CC)c1C(=O)O. The summed E-state index contributed by atoms with van der Waals surface area (Å²) in [6, 6.07) is 0. The van der Waals surface area contributed by atoms with Gasteiger partial charge >= 0.3 is 5.97 Å². The van der Waals surface area contributed by atoms with Gasteiger partial charge in [0.1, 0.15) is 5.56 Å². The van der Waals surface area contributed by atoms with Gasteiger partial charge in [0.05, 0.1) is 17.6 Å². The van der Waals surface area contributed by atoms with E-state index in [1.165, 1.54) is 0 Å². The minimum atomic E-state index is -0.946. The van der Waals surface area contributed by atoms with Crippen molar-refractivity contribution >= 4 is 5.97 Å². The number of carboxylic acid groups (broad SMARTS) is 1. The van der Waals surface area contributed by atoms with E-state index in [4.69, 9.17) is 0 Å². The monoisotopic (exact) mass is 246 g/mol. The van der Waals surface area contributed by atoms with E-state index in [1.807, 2.05) is 13.8 Å². The molecule has 0 aliphatic heterocycles. The number of rotatable bonds is 4. The Kier molecular flexibility index (Phi) is 3.36. The second kappa shape index (κ2) is 4.95. The van der Waals surface area contributed by atoms with Crippen molar-refractivity contribution in [2.45, 2.75) is 26.7 Å². The summed E-state index contributed by atoms with van der Waals surface area (Å²) in [6.07, 6.45) is 5.84. The molecule has 2 aromatic rings. The zero-order valence-corrected chi connectivity index (χ0v) is 10.3. The molecule has 0 fully saturated rings. The highest BCUT2D eigenvalue weighted by atomic mass is 16.4. The minimum absolute atomic E-state index is 0.283. The molecule has 0 amide bonds. The van der Waals surface area contributed by atoms with Crippen molar-refractivity contribution in [3.05, 3.63) is 35.5 Å². The number of aryl methyl sites for hydroxylation is 1. The van der Waals surface area contributed by atoms with Crippen LogP contribution in [0.2, 0.25) is 0 Å². The van der Waals surface area contributed by atoms with Gasteiger partial charge in [-0.05, 0) is 12.8 Å². The van der Waals surface area contributed by atoms with Crippen LogP contribution in [0, 0.1) is 0 Å². The zero-order chi connectivity index (χ0) is 13.1. The molecular weight excluding hydrogens is 232 g/mol. The topological polar surface area (TPSA) is 80.9 Å². The van der Waals surface area contributed by atoms with E-state index in [9.17, 15) is 9.90 Å². The Balaban J connectivity index is 2.65.